The van der Waals surface area contributed by atoms with Crippen LogP contribution in [0.1, 0.15) is 17.3 Å². The van der Waals surface area contributed by atoms with Gasteiger partial charge in [-0.15, -0.1) is 0 Å². The number of ketones is 1. The predicted molar refractivity (Wildman–Crippen MR) is 94.9 cm³/mol. The molecule has 0 atom stereocenters. The van der Waals surface area contributed by atoms with E-state index in [2.05, 4.69) is 4.98 Å². The monoisotopic (exact) mass is 313 g/mol. The van der Waals surface area contributed by atoms with Crippen molar-refractivity contribution in [2.45, 2.75) is 6.92 Å². The molecule has 24 heavy (non-hydrogen) atoms. The van der Waals surface area contributed by atoms with Crippen LogP contribution in [0.5, 0.6) is 0 Å². The molecule has 0 aliphatic carbocycles. The third kappa shape index (κ3) is 2.50. The van der Waals surface area contributed by atoms with E-state index in [-0.39, 0.29) is 5.78 Å². The van der Waals surface area contributed by atoms with Gasteiger partial charge in [-0.05, 0) is 36.2 Å². The van der Waals surface area contributed by atoms with Gasteiger partial charge in [0, 0.05) is 11.1 Å². The maximum atomic E-state index is 11.5. The molecule has 3 heteroatoms. The summed E-state index contributed by atoms with van der Waals surface area (Å²) < 4.78 is 5.91. The van der Waals surface area contributed by atoms with Crippen LogP contribution >= 0.6 is 0 Å². The first kappa shape index (κ1) is 14.4. The Morgan fingerprint density at radius 1 is 0.833 bits per heavy atom. The molecule has 0 saturated heterocycles. The Kier molecular flexibility index (Phi) is 3.47. The molecule has 3 aromatic carbocycles. The van der Waals surface area contributed by atoms with Crippen LogP contribution in [0.15, 0.2) is 77.2 Å². The van der Waals surface area contributed by atoms with Gasteiger partial charge in [0.05, 0.1) is 0 Å². The van der Waals surface area contributed by atoms with Crippen molar-refractivity contribution < 1.29 is 9.21 Å². The Labute approximate surface area is 139 Å². The molecule has 116 valence electrons. The summed E-state index contributed by atoms with van der Waals surface area (Å²) in [5, 5.41) is 0. The Morgan fingerprint density at radius 3 is 2.21 bits per heavy atom. The van der Waals surface area contributed by atoms with Crippen molar-refractivity contribution in [1.82, 2.24) is 4.98 Å². The Hall–Kier alpha value is -3.20. The molecule has 1 heterocycles. The van der Waals surface area contributed by atoms with Gasteiger partial charge in [0.25, 0.3) is 0 Å². The number of Topliss-reactive ketones (excluding diaryl/α,β-unsaturated/α-hetero) is 1. The SMILES string of the molecule is CC(=O)c1ccc(-c2ccccc2-c2nc3ccccc3o2)cc1. The van der Waals surface area contributed by atoms with Crippen molar-refractivity contribution in [1.29, 1.82) is 0 Å². The second-order valence-corrected chi connectivity index (χ2v) is 5.67. The van der Waals surface area contributed by atoms with Gasteiger partial charge in [-0.2, -0.15) is 0 Å². The summed E-state index contributed by atoms with van der Waals surface area (Å²) in [6.45, 7) is 1.57. The summed E-state index contributed by atoms with van der Waals surface area (Å²) in [6, 6.07) is 23.3. The zero-order chi connectivity index (χ0) is 16.5. The van der Waals surface area contributed by atoms with E-state index in [0.29, 0.717) is 11.5 Å². The minimum absolute atomic E-state index is 0.0637. The van der Waals surface area contributed by atoms with Crippen LogP contribution in [0, 0.1) is 0 Å². The average Bonchev–Trinajstić information content (AvgIpc) is 3.06. The van der Waals surface area contributed by atoms with Gasteiger partial charge in [-0.25, -0.2) is 4.98 Å². The van der Waals surface area contributed by atoms with E-state index in [1.165, 1.54) is 0 Å². The maximum absolute atomic E-state index is 11.5. The van der Waals surface area contributed by atoms with E-state index in [1.807, 2.05) is 72.8 Å². The van der Waals surface area contributed by atoms with E-state index in [0.717, 1.165) is 27.8 Å². The number of oxazole rings is 1. The van der Waals surface area contributed by atoms with E-state index >= 15 is 0 Å². The van der Waals surface area contributed by atoms with Crippen LogP contribution in [0.3, 0.4) is 0 Å². The standard InChI is InChI=1S/C21H15NO2/c1-14(23)15-10-12-16(13-11-15)17-6-2-3-7-18(17)21-22-19-8-4-5-9-20(19)24-21/h2-13H,1H3. The van der Waals surface area contributed by atoms with Crippen LogP contribution in [-0.4, -0.2) is 10.8 Å². The normalized spacial score (nSPS) is 10.9. The quantitative estimate of drug-likeness (QED) is 0.478. The summed E-state index contributed by atoms with van der Waals surface area (Å²) in [6.07, 6.45) is 0. The predicted octanol–water partition coefficient (Wildman–Crippen LogP) is 5.36. The average molecular weight is 313 g/mol. The van der Waals surface area contributed by atoms with Crippen molar-refractivity contribution in [3.63, 3.8) is 0 Å². The van der Waals surface area contributed by atoms with Crippen LogP contribution in [0.4, 0.5) is 0 Å². The Bertz CT molecular complexity index is 996. The summed E-state index contributed by atoms with van der Waals surface area (Å²) in [7, 11) is 0. The minimum atomic E-state index is 0.0637. The number of hydrogen-bond donors (Lipinski definition) is 0. The smallest absolute Gasteiger partial charge is 0.227 e. The summed E-state index contributed by atoms with van der Waals surface area (Å²) in [5.74, 6) is 0.663. The lowest BCUT2D eigenvalue weighted by molar-refractivity contribution is 0.101. The van der Waals surface area contributed by atoms with E-state index in [9.17, 15) is 4.79 Å². The summed E-state index contributed by atoms with van der Waals surface area (Å²) >= 11 is 0. The molecule has 0 aliphatic heterocycles. The fourth-order valence-electron chi connectivity index (χ4n) is 2.79. The van der Waals surface area contributed by atoms with Crippen molar-refractivity contribution in [2.75, 3.05) is 0 Å². The molecular formula is C21H15NO2. The van der Waals surface area contributed by atoms with Gasteiger partial charge < -0.3 is 4.42 Å². The molecule has 4 rings (SSSR count). The number of para-hydroxylation sites is 2. The van der Waals surface area contributed by atoms with Gasteiger partial charge in [-0.3, -0.25) is 4.79 Å². The molecule has 0 bridgehead atoms. The molecule has 0 fully saturated rings. The lowest BCUT2D eigenvalue weighted by Gasteiger charge is -2.07. The molecule has 1 aromatic heterocycles. The third-order valence-electron chi connectivity index (χ3n) is 4.05. The Morgan fingerprint density at radius 2 is 1.50 bits per heavy atom. The highest BCUT2D eigenvalue weighted by molar-refractivity contribution is 5.95. The van der Waals surface area contributed by atoms with Gasteiger partial charge in [0.1, 0.15) is 5.52 Å². The zero-order valence-electron chi connectivity index (χ0n) is 13.2. The largest absolute Gasteiger partial charge is 0.436 e. The van der Waals surface area contributed by atoms with Crippen molar-refractivity contribution in [3.8, 4) is 22.6 Å². The highest BCUT2D eigenvalue weighted by atomic mass is 16.3. The fraction of sp³-hybridized carbons (Fsp3) is 0.0476. The van der Waals surface area contributed by atoms with Crippen LogP contribution in [0.2, 0.25) is 0 Å². The molecule has 0 radical (unpaired) electrons. The molecule has 0 spiro atoms. The molecule has 0 aliphatic rings. The second kappa shape index (κ2) is 5.78. The number of nitrogens with zero attached hydrogens (tertiary/aromatic N) is 1. The van der Waals surface area contributed by atoms with Crippen molar-refractivity contribution >= 4 is 16.9 Å². The van der Waals surface area contributed by atoms with Gasteiger partial charge in [-0.1, -0.05) is 54.6 Å². The topological polar surface area (TPSA) is 43.1 Å². The fourth-order valence-corrected chi connectivity index (χ4v) is 2.79. The van der Waals surface area contributed by atoms with Crippen LogP contribution in [-0.2, 0) is 0 Å². The van der Waals surface area contributed by atoms with Crippen LogP contribution in [0.25, 0.3) is 33.7 Å². The third-order valence-corrected chi connectivity index (χ3v) is 4.05. The molecule has 0 unspecified atom stereocenters. The zero-order valence-corrected chi connectivity index (χ0v) is 13.2. The number of aromatic nitrogens is 1. The molecule has 3 nitrogen and oxygen atoms in total. The minimum Gasteiger partial charge on any atom is -0.436 e. The van der Waals surface area contributed by atoms with Crippen molar-refractivity contribution in [3.05, 3.63) is 78.4 Å². The molecule has 4 aromatic rings. The second-order valence-electron chi connectivity index (χ2n) is 5.67. The summed E-state index contributed by atoms with van der Waals surface area (Å²) in [4.78, 5) is 16.1. The van der Waals surface area contributed by atoms with Crippen molar-refractivity contribution in [2.24, 2.45) is 0 Å². The first-order valence-electron chi connectivity index (χ1n) is 7.79. The first-order valence-corrected chi connectivity index (χ1v) is 7.79. The highest BCUT2D eigenvalue weighted by Gasteiger charge is 2.13. The van der Waals surface area contributed by atoms with E-state index in [1.54, 1.807) is 6.92 Å². The number of rotatable bonds is 3. The molecular weight excluding hydrogens is 298 g/mol. The Balaban J connectivity index is 1.84. The van der Waals surface area contributed by atoms with E-state index in [4.69, 9.17) is 4.42 Å². The van der Waals surface area contributed by atoms with Gasteiger partial charge in [0.2, 0.25) is 5.89 Å². The van der Waals surface area contributed by atoms with Gasteiger partial charge >= 0.3 is 0 Å². The van der Waals surface area contributed by atoms with Crippen LogP contribution < -0.4 is 0 Å². The number of carbonyl (C=O) groups excluding carboxylic acids is 1. The lowest BCUT2D eigenvalue weighted by Crippen LogP contribution is -1.91. The van der Waals surface area contributed by atoms with E-state index < -0.39 is 0 Å². The first-order chi connectivity index (χ1) is 11.7. The maximum Gasteiger partial charge on any atom is 0.227 e. The highest BCUT2D eigenvalue weighted by Crippen LogP contribution is 2.33. The number of hydrogen-bond acceptors (Lipinski definition) is 3. The number of benzene rings is 3. The summed E-state index contributed by atoms with van der Waals surface area (Å²) in [5.41, 5.74) is 5.31. The molecule has 0 amide bonds. The molecule has 0 N–H and O–H groups in total. The molecule has 0 saturated carbocycles. The lowest BCUT2D eigenvalue weighted by atomic mass is 9.98. The number of carbonyl (C=O) groups is 1. The number of fused-ring (bicyclic) bond motifs is 1. The van der Waals surface area contributed by atoms with Gasteiger partial charge in [0.15, 0.2) is 11.4 Å².